The van der Waals surface area contributed by atoms with E-state index < -0.39 is 0 Å². The Morgan fingerprint density at radius 1 is 1.39 bits per heavy atom. The first-order valence-corrected chi connectivity index (χ1v) is 7.87. The lowest BCUT2D eigenvalue weighted by atomic mass is 10.1. The summed E-state index contributed by atoms with van der Waals surface area (Å²) in [5.74, 6) is 2.33. The van der Waals surface area contributed by atoms with Crippen LogP contribution in [0.4, 0.5) is 0 Å². The Morgan fingerprint density at radius 2 is 2.06 bits per heavy atom. The van der Waals surface area contributed by atoms with E-state index in [0.717, 1.165) is 28.4 Å². The summed E-state index contributed by atoms with van der Waals surface area (Å²) in [5.41, 5.74) is 1.03. The summed E-state index contributed by atoms with van der Waals surface area (Å²) in [6.07, 6.45) is 1.47. The molecule has 0 fully saturated rings. The van der Waals surface area contributed by atoms with Crippen LogP contribution in [0.5, 0.6) is 0 Å². The van der Waals surface area contributed by atoms with Crippen LogP contribution in [0.3, 0.4) is 0 Å². The maximum absolute atomic E-state index is 11.8. The van der Waals surface area contributed by atoms with Gasteiger partial charge in [-0.1, -0.05) is 19.1 Å². The van der Waals surface area contributed by atoms with Crippen LogP contribution in [0, 0.1) is 0 Å². The molecule has 18 heavy (non-hydrogen) atoms. The zero-order chi connectivity index (χ0) is 13.4. The van der Waals surface area contributed by atoms with Crippen molar-refractivity contribution in [2.24, 2.45) is 0 Å². The van der Waals surface area contributed by atoms with Crippen molar-refractivity contribution in [3.63, 3.8) is 0 Å². The highest BCUT2D eigenvalue weighted by atomic mass is 32.2. The molecule has 0 aliphatic carbocycles. The van der Waals surface area contributed by atoms with Crippen LogP contribution in [0.2, 0.25) is 0 Å². The minimum atomic E-state index is 0.0934. The molecule has 100 valence electrons. The van der Waals surface area contributed by atoms with Gasteiger partial charge in [-0.2, -0.15) is 11.8 Å². The maximum atomic E-state index is 11.8. The van der Waals surface area contributed by atoms with Gasteiger partial charge in [0.25, 0.3) is 0 Å². The molecule has 0 radical (unpaired) electrons. The van der Waals surface area contributed by atoms with E-state index in [1.54, 1.807) is 0 Å². The predicted molar refractivity (Wildman–Crippen MR) is 82.6 cm³/mol. The lowest BCUT2D eigenvalue weighted by Crippen LogP contribution is -2.34. The van der Waals surface area contributed by atoms with E-state index in [-0.39, 0.29) is 11.9 Å². The first-order valence-electron chi connectivity index (χ1n) is 6.26. The van der Waals surface area contributed by atoms with Crippen LogP contribution in [-0.2, 0) is 11.2 Å². The summed E-state index contributed by atoms with van der Waals surface area (Å²) in [4.78, 5) is 12.7. The molecule has 1 aromatic rings. The molecule has 1 N–H and O–H groups in total. The molecule has 0 aliphatic rings. The molecular formula is C14H21NOS2. The topological polar surface area (TPSA) is 29.1 Å². The minimum absolute atomic E-state index is 0.0934. The fourth-order valence-electron chi connectivity index (χ4n) is 1.60. The number of amides is 1. The lowest BCUT2D eigenvalue weighted by molar-refractivity contribution is -0.121. The molecular weight excluding hydrogens is 262 g/mol. The van der Waals surface area contributed by atoms with Crippen molar-refractivity contribution in [2.45, 2.75) is 37.6 Å². The van der Waals surface area contributed by atoms with Crippen molar-refractivity contribution in [3.05, 3.63) is 29.8 Å². The smallest absolute Gasteiger partial charge is 0.224 e. The van der Waals surface area contributed by atoms with E-state index in [4.69, 9.17) is 0 Å². The highest BCUT2D eigenvalue weighted by molar-refractivity contribution is 7.99. The molecule has 0 saturated heterocycles. The summed E-state index contributed by atoms with van der Waals surface area (Å²) >= 11 is 6.13. The Kier molecular flexibility index (Phi) is 7.28. The lowest BCUT2D eigenvalue weighted by Gasteiger charge is -2.13. The van der Waals surface area contributed by atoms with E-state index in [1.165, 1.54) is 0 Å². The zero-order valence-corrected chi connectivity index (χ0v) is 12.7. The Bertz CT molecular complexity index is 365. The van der Waals surface area contributed by atoms with Gasteiger partial charge in [-0.15, -0.1) is 12.6 Å². The largest absolute Gasteiger partial charge is 0.353 e. The molecule has 0 aromatic heterocycles. The summed E-state index contributed by atoms with van der Waals surface area (Å²) in [5, 5.41) is 3.03. The van der Waals surface area contributed by atoms with Crippen LogP contribution in [-0.4, -0.2) is 23.5 Å². The van der Waals surface area contributed by atoms with Crippen LogP contribution >= 0.6 is 24.4 Å². The van der Waals surface area contributed by atoms with Gasteiger partial charge in [0.15, 0.2) is 0 Å². The monoisotopic (exact) mass is 283 g/mol. The van der Waals surface area contributed by atoms with Crippen molar-refractivity contribution in [2.75, 3.05) is 11.5 Å². The SMILES string of the molecule is CCSCCC(C)NC(=O)Cc1ccc(S)cc1. The number of thiol groups is 1. The van der Waals surface area contributed by atoms with Gasteiger partial charge in [-0.05, 0) is 42.5 Å². The molecule has 0 bridgehead atoms. The van der Waals surface area contributed by atoms with Crippen molar-refractivity contribution in [1.82, 2.24) is 5.32 Å². The van der Waals surface area contributed by atoms with Crippen LogP contribution < -0.4 is 5.32 Å². The fraction of sp³-hybridized carbons (Fsp3) is 0.500. The molecule has 1 aromatic carbocycles. The van der Waals surface area contributed by atoms with Crippen molar-refractivity contribution >= 4 is 30.3 Å². The summed E-state index contributed by atoms with van der Waals surface area (Å²) in [6, 6.07) is 7.96. The summed E-state index contributed by atoms with van der Waals surface area (Å²) in [6.45, 7) is 4.21. The zero-order valence-electron chi connectivity index (χ0n) is 11.0. The maximum Gasteiger partial charge on any atom is 0.224 e. The second-order valence-electron chi connectivity index (χ2n) is 4.30. The molecule has 1 atom stereocenters. The summed E-state index contributed by atoms with van der Waals surface area (Å²) in [7, 11) is 0. The molecule has 0 heterocycles. The molecule has 1 amide bonds. The van der Waals surface area contributed by atoms with E-state index in [1.807, 2.05) is 36.0 Å². The average molecular weight is 283 g/mol. The highest BCUT2D eigenvalue weighted by Crippen LogP contribution is 2.09. The Morgan fingerprint density at radius 3 is 2.67 bits per heavy atom. The van der Waals surface area contributed by atoms with Gasteiger partial charge in [0.2, 0.25) is 5.91 Å². The van der Waals surface area contributed by atoms with E-state index in [2.05, 4.69) is 31.8 Å². The van der Waals surface area contributed by atoms with Gasteiger partial charge in [-0.25, -0.2) is 0 Å². The van der Waals surface area contributed by atoms with E-state index >= 15 is 0 Å². The third-order valence-electron chi connectivity index (χ3n) is 2.61. The second kappa shape index (κ2) is 8.48. The first kappa shape index (κ1) is 15.4. The Labute approximate surface area is 119 Å². The average Bonchev–Trinajstić information content (AvgIpc) is 2.32. The van der Waals surface area contributed by atoms with Gasteiger partial charge >= 0.3 is 0 Å². The molecule has 1 rings (SSSR count). The van der Waals surface area contributed by atoms with Crippen LogP contribution in [0.25, 0.3) is 0 Å². The van der Waals surface area contributed by atoms with Crippen LogP contribution in [0.1, 0.15) is 25.8 Å². The van der Waals surface area contributed by atoms with Gasteiger partial charge in [0.05, 0.1) is 6.42 Å². The number of hydrogen-bond donors (Lipinski definition) is 2. The number of rotatable bonds is 7. The second-order valence-corrected chi connectivity index (χ2v) is 6.21. The number of carbonyl (C=O) groups excluding carboxylic acids is 1. The van der Waals surface area contributed by atoms with Crippen LogP contribution in [0.15, 0.2) is 29.2 Å². The van der Waals surface area contributed by atoms with Crippen molar-refractivity contribution in [1.29, 1.82) is 0 Å². The third kappa shape index (κ3) is 6.36. The first-order chi connectivity index (χ1) is 8.61. The number of benzene rings is 1. The van der Waals surface area contributed by atoms with Crippen molar-refractivity contribution in [3.8, 4) is 0 Å². The van der Waals surface area contributed by atoms with Gasteiger partial charge in [0.1, 0.15) is 0 Å². The minimum Gasteiger partial charge on any atom is -0.353 e. The predicted octanol–water partition coefficient (Wildman–Crippen LogP) is 3.17. The standard InChI is InChI=1S/C14H21NOS2/c1-3-18-9-8-11(2)15-14(16)10-12-4-6-13(17)7-5-12/h4-7,11,17H,3,8-10H2,1-2H3,(H,15,16). The highest BCUT2D eigenvalue weighted by Gasteiger charge is 2.07. The third-order valence-corrected chi connectivity index (χ3v) is 3.84. The molecule has 1 unspecified atom stereocenters. The van der Waals surface area contributed by atoms with Gasteiger partial charge in [-0.3, -0.25) is 4.79 Å². The van der Waals surface area contributed by atoms with E-state index in [9.17, 15) is 4.79 Å². The number of nitrogens with one attached hydrogen (secondary N) is 1. The number of carbonyl (C=O) groups is 1. The van der Waals surface area contributed by atoms with E-state index in [0.29, 0.717) is 6.42 Å². The number of hydrogen-bond acceptors (Lipinski definition) is 3. The van der Waals surface area contributed by atoms with Gasteiger partial charge < -0.3 is 5.32 Å². The Balaban J connectivity index is 2.30. The molecule has 0 saturated carbocycles. The molecule has 2 nitrogen and oxygen atoms in total. The van der Waals surface area contributed by atoms with Gasteiger partial charge in [0, 0.05) is 10.9 Å². The molecule has 0 spiro atoms. The number of thioether (sulfide) groups is 1. The molecule has 4 heteroatoms. The molecule has 0 aliphatic heterocycles. The van der Waals surface area contributed by atoms with Crippen molar-refractivity contribution < 1.29 is 4.79 Å². The quantitative estimate of drug-likeness (QED) is 0.594. The fourth-order valence-corrected chi connectivity index (χ4v) is 2.56. The normalized spacial score (nSPS) is 12.2. The summed E-state index contributed by atoms with van der Waals surface area (Å²) < 4.78 is 0. The Hall–Kier alpha value is -0.610.